The molecule has 10 nitrogen and oxygen atoms in total. The van der Waals surface area contributed by atoms with Crippen LogP contribution in [-0.4, -0.2) is 57.5 Å². The second kappa shape index (κ2) is 5.98. The Balaban J connectivity index is 1.74. The minimum Gasteiger partial charge on any atom is -0.401 e. The molecule has 1 aliphatic heterocycles. The van der Waals surface area contributed by atoms with Gasteiger partial charge in [0.1, 0.15) is 11.7 Å². The Morgan fingerprint density at radius 1 is 1.42 bits per heavy atom. The van der Waals surface area contributed by atoms with Crippen LogP contribution in [0.15, 0.2) is 10.5 Å². The summed E-state index contributed by atoms with van der Waals surface area (Å²) in [5, 5.41) is 14.3. The molecule has 0 aliphatic carbocycles. The quantitative estimate of drug-likeness (QED) is 0.828. The van der Waals surface area contributed by atoms with Crippen LogP contribution in [0.4, 0.5) is 6.01 Å². The number of aryl methyl sites for hydroxylation is 2. The van der Waals surface area contributed by atoms with Crippen molar-refractivity contribution in [3.8, 4) is 11.6 Å². The summed E-state index contributed by atoms with van der Waals surface area (Å²) in [4.78, 5) is 12.3. The van der Waals surface area contributed by atoms with Crippen molar-refractivity contribution in [3.05, 3.63) is 11.8 Å². The summed E-state index contributed by atoms with van der Waals surface area (Å²) in [5.41, 5.74) is 1.42. The molecule has 1 saturated heterocycles. The van der Waals surface area contributed by atoms with E-state index in [0.29, 0.717) is 25.1 Å². The Morgan fingerprint density at radius 3 is 2.79 bits per heavy atom. The number of carbonyl (C=O) groups excluding carboxylic acids is 1. The van der Waals surface area contributed by atoms with Crippen molar-refractivity contribution in [1.29, 1.82) is 0 Å². The van der Waals surface area contributed by atoms with Crippen LogP contribution in [0.2, 0.25) is 0 Å². The van der Waals surface area contributed by atoms with Crippen LogP contribution in [0.1, 0.15) is 18.5 Å². The molecule has 3 heterocycles. The Morgan fingerprint density at radius 2 is 2.17 bits per heavy atom. The summed E-state index contributed by atoms with van der Waals surface area (Å²) in [6.45, 7) is 2.22. The fourth-order valence-electron chi connectivity index (χ4n) is 2.63. The topological polar surface area (TPSA) is 123 Å². The summed E-state index contributed by atoms with van der Waals surface area (Å²) in [6.07, 6.45) is 2.18. The van der Waals surface area contributed by atoms with Crippen molar-refractivity contribution in [1.82, 2.24) is 24.3 Å². The Bertz CT molecular complexity index is 851. The van der Waals surface area contributed by atoms with Gasteiger partial charge in [-0.15, -0.1) is 5.10 Å². The first kappa shape index (κ1) is 16.6. The first-order chi connectivity index (χ1) is 11.3. The van der Waals surface area contributed by atoms with Gasteiger partial charge in [0.05, 0.1) is 6.26 Å². The number of sulfonamides is 1. The predicted octanol–water partition coefficient (Wildman–Crippen LogP) is 0.141. The zero-order valence-corrected chi connectivity index (χ0v) is 14.4. The summed E-state index contributed by atoms with van der Waals surface area (Å²) < 4.78 is 31.7. The van der Waals surface area contributed by atoms with Crippen LogP contribution in [0.3, 0.4) is 0 Å². The molecule has 1 atom stereocenters. The molecule has 2 aromatic rings. The lowest BCUT2D eigenvalue weighted by Gasteiger charge is -2.20. The number of hydrogen-bond acceptors (Lipinski definition) is 7. The van der Waals surface area contributed by atoms with Gasteiger partial charge < -0.3 is 4.42 Å². The number of aromatic nitrogens is 4. The third-order valence-electron chi connectivity index (χ3n) is 3.92. The van der Waals surface area contributed by atoms with Crippen LogP contribution in [-0.2, 0) is 21.9 Å². The van der Waals surface area contributed by atoms with Gasteiger partial charge in [-0.05, 0) is 25.8 Å². The van der Waals surface area contributed by atoms with E-state index in [1.54, 1.807) is 17.8 Å². The van der Waals surface area contributed by atoms with Gasteiger partial charge in [-0.25, -0.2) is 8.42 Å². The molecule has 0 spiro atoms. The number of rotatable bonds is 4. The number of carbonyl (C=O) groups is 1. The number of hydrogen-bond donors (Lipinski definition) is 1. The highest BCUT2D eigenvalue weighted by Crippen LogP contribution is 2.23. The SMILES string of the molecule is Cc1cc(-c2nnc(NC(=O)[C@@H]3CCCN3S(C)(=O)=O)o2)nn1C. The van der Waals surface area contributed by atoms with E-state index in [1.807, 2.05) is 6.92 Å². The molecule has 0 radical (unpaired) electrons. The molecular weight excluding hydrogens is 336 g/mol. The second-order valence-corrected chi connectivity index (χ2v) is 7.66. The molecule has 0 unspecified atom stereocenters. The molecule has 0 bridgehead atoms. The highest BCUT2D eigenvalue weighted by molar-refractivity contribution is 7.88. The number of anilines is 1. The molecule has 1 amide bonds. The van der Waals surface area contributed by atoms with Gasteiger partial charge in [-0.2, -0.15) is 9.40 Å². The van der Waals surface area contributed by atoms with Crippen molar-refractivity contribution in [2.45, 2.75) is 25.8 Å². The number of nitrogens with zero attached hydrogens (tertiary/aromatic N) is 5. The summed E-state index contributed by atoms with van der Waals surface area (Å²) in [5.74, 6) is -0.300. The predicted molar refractivity (Wildman–Crippen MR) is 84.4 cm³/mol. The lowest BCUT2D eigenvalue weighted by atomic mass is 10.2. The highest BCUT2D eigenvalue weighted by Gasteiger charge is 2.37. The Labute approximate surface area is 138 Å². The van der Waals surface area contributed by atoms with E-state index < -0.39 is 22.0 Å². The molecule has 11 heteroatoms. The minimum absolute atomic E-state index is 0.0846. The molecule has 0 saturated carbocycles. The van der Waals surface area contributed by atoms with Crippen molar-refractivity contribution in [2.24, 2.45) is 7.05 Å². The summed E-state index contributed by atoms with van der Waals surface area (Å²) in [7, 11) is -1.65. The monoisotopic (exact) mass is 354 g/mol. The normalized spacial score (nSPS) is 18.9. The number of nitrogens with one attached hydrogen (secondary N) is 1. The standard InChI is InChI=1S/C13H18N6O4S/c1-8-7-9(17-18(8)2)12-15-16-13(23-12)14-11(20)10-5-4-6-19(10)24(3,21)22/h7,10H,4-6H2,1-3H3,(H,14,16,20)/t10-/m0/s1. The van der Waals surface area contributed by atoms with E-state index in [0.717, 1.165) is 11.9 Å². The van der Waals surface area contributed by atoms with E-state index in [9.17, 15) is 13.2 Å². The largest absolute Gasteiger partial charge is 0.401 e. The van der Waals surface area contributed by atoms with Gasteiger partial charge in [0.25, 0.3) is 5.89 Å². The molecule has 130 valence electrons. The lowest BCUT2D eigenvalue weighted by Crippen LogP contribution is -2.42. The Kier molecular flexibility index (Phi) is 4.13. The van der Waals surface area contributed by atoms with Crippen molar-refractivity contribution in [2.75, 3.05) is 18.1 Å². The van der Waals surface area contributed by atoms with E-state index in [1.165, 1.54) is 4.31 Å². The van der Waals surface area contributed by atoms with Crippen LogP contribution in [0, 0.1) is 6.92 Å². The average Bonchev–Trinajstić information content (AvgIpc) is 3.19. The van der Waals surface area contributed by atoms with E-state index in [4.69, 9.17) is 4.42 Å². The van der Waals surface area contributed by atoms with Crippen LogP contribution in [0.5, 0.6) is 0 Å². The van der Waals surface area contributed by atoms with Gasteiger partial charge in [0.15, 0.2) is 0 Å². The zero-order valence-electron chi connectivity index (χ0n) is 13.6. The maximum absolute atomic E-state index is 12.3. The molecule has 0 aromatic carbocycles. The third kappa shape index (κ3) is 3.17. The highest BCUT2D eigenvalue weighted by atomic mass is 32.2. The minimum atomic E-state index is -3.44. The molecular formula is C13H18N6O4S. The Hall–Kier alpha value is -2.27. The van der Waals surface area contributed by atoms with Crippen LogP contribution >= 0.6 is 0 Å². The van der Waals surface area contributed by atoms with E-state index in [-0.39, 0.29) is 11.9 Å². The van der Waals surface area contributed by atoms with Crippen molar-refractivity contribution < 1.29 is 17.6 Å². The average molecular weight is 354 g/mol. The van der Waals surface area contributed by atoms with Gasteiger partial charge in [-0.3, -0.25) is 14.8 Å². The first-order valence-corrected chi connectivity index (χ1v) is 9.23. The van der Waals surface area contributed by atoms with Crippen LogP contribution in [0.25, 0.3) is 11.6 Å². The van der Waals surface area contributed by atoms with E-state index in [2.05, 4.69) is 20.6 Å². The van der Waals surface area contributed by atoms with Crippen LogP contribution < -0.4 is 5.32 Å². The summed E-state index contributed by atoms with van der Waals surface area (Å²) in [6, 6.07) is 0.938. The third-order valence-corrected chi connectivity index (χ3v) is 5.21. The molecule has 2 aromatic heterocycles. The first-order valence-electron chi connectivity index (χ1n) is 7.38. The molecule has 3 rings (SSSR count). The summed E-state index contributed by atoms with van der Waals surface area (Å²) >= 11 is 0. The number of amides is 1. The maximum Gasteiger partial charge on any atom is 0.322 e. The molecule has 24 heavy (non-hydrogen) atoms. The molecule has 1 aliphatic rings. The van der Waals surface area contributed by atoms with Gasteiger partial charge in [0.2, 0.25) is 15.9 Å². The zero-order chi connectivity index (χ0) is 17.5. The smallest absolute Gasteiger partial charge is 0.322 e. The molecule has 1 N–H and O–H groups in total. The maximum atomic E-state index is 12.3. The van der Waals surface area contributed by atoms with Gasteiger partial charge >= 0.3 is 6.01 Å². The lowest BCUT2D eigenvalue weighted by molar-refractivity contribution is -0.119. The fraction of sp³-hybridized carbons (Fsp3) is 0.538. The fourth-order valence-corrected chi connectivity index (χ4v) is 3.75. The second-order valence-electron chi connectivity index (χ2n) is 5.73. The van der Waals surface area contributed by atoms with E-state index >= 15 is 0 Å². The molecule has 1 fully saturated rings. The van der Waals surface area contributed by atoms with Gasteiger partial charge in [0, 0.05) is 19.3 Å². The van der Waals surface area contributed by atoms with Crippen molar-refractivity contribution in [3.63, 3.8) is 0 Å². The van der Waals surface area contributed by atoms with Gasteiger partial charge in [-0.1, -0.05) is 5.10 Å². The van der Waals surface area contributed by atoms with Crippen molar-refractivity contribution >= 4 is 21.9 Å².